The molecule has 172 valence electrons. The van der Waals surface area contributed by atoms with E-state index in [1.807, 2.05) is 24.3 Å². The molecule has 0 aromatic heterocycles. The number of ketones is 2. The van der Waals surface area contributed by atoms with Crippen LogP contribution in [0.15, 0.2) is 36.4 Å². The van der Waals surface area contributed by atoms with Crippen LogP contribution in [0.3, 0.4) is 0 Å². The highest BCUT2D eigenvalue weighted by Crippen LogP contribution is 2.42. The number of hydrogen-bond donors (Lipinski definition) is 0. The third kappa shape index (κ3) is 4.10. The minimum atomic E-state index is -2.04. The zero-order valence-corrected chi connectivity index (χ0v) is 22.3. The minimum Gasteiger partial charge on any atom is -0.543 e. The fraction of sp³-hybridized carbons (Fsp3) is 0.462. The minimum absolute atomic E-state index is 0.140. The number of rotatable bonds is 10. The highest BCUT2D eigenvalue weighted by Gasteiger charge is 2.40. The first-order valence-corrected chi connectivity index (χ1v) is 17.1. The third-order valence-corrected chi connectivity index (χ3v) is 16.6. The average molecular weight is 469 g/mol. The average Bonchev–Trinajstić information content (AvgIpc) is 2.85. The van der Waals surface area contributed by atoms with Gasteiger partial charge in [0.2, 0.25) is 0 Å². The molecule has 0 N–H and O–H groups in total. The van der Waals surface area contributed by atoms with Gasteiger partial charge in [0, 0.05) is 11.1 Å². The summed E-state index contributed by atoms with van der Waals surface area (Å²) in [5.41, 5.74) is 1.69. The van der Waals surface area contributed by atoms with E-state index in [-0.39, 0.29) is 11.6 Å². The monoisotopic (exact) mass is 468 g/mol. The fourth-order valence-electron chi connectivity index (χ4n) is 4.73. The van der Waals surface area contributed by atoms with E-state index in [2.05, 4.69) is 41.5 Å². The maximum atomic E-state index is 13.7. The van der Waals surface area contributed by atoms with Crippen LogP contribution in [0.4, 0.5) is 0 Å². The lowest BCUT2D eigenvalue weighted by molar-refractivity contribution is 0.0975. The van der Waals surface area contributed by atoms with Gasteiger partial charge in [0.25, 0.3) is 16.6 Å². The van der Waals surface area contributed by atoms with Gasteiger partial charge >= 0.3 is 0 Å². The zero-order chi connectivity index (χ0) is 23.5. The lowest BCUT2D eigenvalue weighted by Gasteiger charge is -2.34. The summed E-state index contributed by atoms with van der Waals surface area (Å²) in [5.74, 6) is 0.820. The van der Waals surface area contributed by atoms with Gasteiger partial charge in [0.05, 0.1) is 11.1 Å². The topological polar surface area (TPSA) is 52.6 Å². The molecule has 0 fully saturated rings. The van der Waals surface area contributed by atoms with E-state index in [0.29, 0.717) is 33.8 Å². The molecular formula is C26H36O4Si2. The standard InChI is InChI=1S/C26H36O4Si2/c1-7-31(8-2,9-3)29-21-17-18-22(30-32(10-4,11-5)12-6)24-23(21)25(27)19-15-13-14-16-20(19)26(24)28/h13-18H,7-12H2,1-6H3. The van der Waals surface area contributed by atoms with Gasteiger partial charge in [-0.3, -0.25) is 9.59 Å². The van der Waals surface area contributed by atoms with E-state index in [1.165, 1.54) is 0 Å². The summed E-state index contributed by atoms with van der Waals surface area (Å²) in [6, 6.07) is 16.6. The lowest BCUT2D eigenvalue weighted by Crippen LogP contribution is -2.41. The summed E-state index contributed by atoms with van der Waals surface area (Å²) in [4.78, 5) is 27.4. The Morgan fingerprint density at radius 2 is 0.875 bits per heavy atom. The van der Waals surface area contributed by atoms with Crippen molar-refractivity contribution in [3.8, 4) is 11.5 Å². The molecule has 32 heavy (non-hydrogen) atoms. The van der Waals surface area contributed by atoms with Crippen molar-refractivity contribution in [3.63, 3.8) is 0 Å². The largest absolute Gasteiger partial charge is 0.543 e. The summed E-state index contributed by atoms with van der Waals surface area (Å²) < 4.78 is 13.3. The molecule has 0 unspecified atom stereocenters. The number of carbonyl (C=O) groups excluding carboxylic acids is 2. The van der Waals surface area contributed by atoms with Gasteiger partial charge in [-0.15, -0.1) is 0 Å². The van der Waals surface area contributed by atoms with Crippen LogP contribution < -0.4 is 8.85 Å². The molecule has 0 saturated carbocycles. The van der Waals surface area contributed by atoms with Gasteiger partial charge in [-0.05, 0) is 48.4 Å². The highest BCUT2D eigenvalue weighted by atomic mass is 28.4. The molecule has 0 spiro atoms. The predicted molar refractivity (Wildman–Crippen MR) is 135 cm³/mol. The van der Waals surface area contributed by atoms with Gasteiger partial charge in [-0.2, -0.15) is 0 Å². The Kier molecular flexibility index (Phi) is 7.45. The molecule has 0 atom stereocenters. The van der Waals surface area contributed by atoms with Crippen LogP contribution in [-0.2, 0) is 0 Å². The first-order valence-electron chi connectivity index (χ1n) is 12.1. The summed E-state index contributed by atoms with van der Waals surface area (Å²) in [6.45, 7) is 13.0. The second-order valence-corrected chi connectivity index (χ2v) is 18.1. The highest BCUT2D eigenvalue weighted by molar-refractivity contribution is 6.74. The zero-order valence-electron chi connectivity index (χ0n) is 20.3. The Balaban J connectivity index is 2.24. The fourth-order valence-corrected chi connectivity index (χ4v) is 9.87. The van der Waals surface area contributed by atoms with Gasteiger partial charge in [0.1, 0.15) is 11.5 Å². The van der Waals surface area contributed by atoms with Gasteiger partial charge in [-0.1, -0.05) is 65.8 Å². The van der Waals surface area contributed by atoms with Crippen LogP contribution in [0.2, 0.25) is 36.3 Å². The van der Waals surface area contributed by atoms with Crippen LogP contribution in [0, 0.1) is 0 Å². The summed E-state index contributed by atoms with van der Waals surface area (Å²) in [6.07, 6.45) is 0. The molecule has 4 nitrogen and oxygen atoms in total. The van der Waals surface area contributed by atoms with Crippen molar-refractivity contribution in [2.75, 3.05) is 0 Å². The number of carbonyl (C=O) groups is 2. The number of hydrogen-bond acceptors (Lipinski definition) is 4. The summed E-state index contributed by atoms with van der Waals surface area (Å²) in [7, 11) is -4.08. The maximum Gasteiger partial charge on any atom is 0.250 e. The van der Waals surface area contributed by atoms with Gasteiger partial charge in [0.15, 0.2) is 11.6 Å². The van der Waals surface area contributed by atoms with E-state index in [9.17, 15) is 9.59 Å². The van der Waals surface area contributed by atoms with Crippen LogP contribution in [-0.4, -0.2) is 28.2 Å². The molecule has 2 aromatic rings. The Morgan fingerprint density at radius 1 is 0.562 bits per heavy atom. The van der Waals surface area contributed by atoms with E-state index in [4.69, 9.17) is 8.85 Å². The van der Waals surface area contributed by atoms with Crippen molar-refractivity contribution < 1.29 is 18.4 Å². The lowest BCUT2D eigenvalue weighted by atomic mass is 9.83. The van der Waals surface area contributed by atoms with Crippen molar-refractivity contribution in [1.82, 2.24) is 0 Å². The van der Waals surface area contributed by atoms with Crippen molar-refractivity contribution in [1.29, 1.82) is 0 Å². The summed E-state index contributed by atoms with van der Waals surface area (Å²) in [5, 5.41) is 0. The maximum absolute atomic E-state index is 13.7. The predicted octanol–water partition coefficient (Wildman–Crippen LogP) is 7.23. The normalized spacial score (nSPS) is 13.6. The molecule has 1 aliphatic carbocycles. The van der Waals surface area contributed by atoms with Crippen LogP contribution in [0.1, 0.15) is 73.4 Å². The molecular weight excluding hydrogens is 432 g/mol. The Morgan fingerprint density at radius 3 is 1.16 bits per heavy atom. The van der Waals surface area contributed by atoms with Crippen molar-refractivity contribution in [3.05, 3.63) is 58.7 Å². The molecule has 3 rings (SSSR count). The van der Waals surface area contributed by atoms with E-state index >= 15 is 0 Å². The smallest absolute Gasteiger partial charge is 0.250 e. The second kappa shape index (κ2) is 9.75. The molecule has 0 bridgehead atoms. The molecule has 0 radical (unpaired) electrons. The van der Waals surface area contributed by atoms with E-state index < -0.39 is 16.6 Å². The molecule has 1 aliphatic rings. The summed E-state index contributed by atoms with van der Waals surface area (Å²) >= 11 is 0. The third-order valence-electron chi connectivity index (χ3n) is 7.52. The van der Waals surface area contributed by atoms with E-state index in [1.54, 1.807) is 12.1 Å². The van der Waals surface area contributed by atoms with Crippen LogP contribution in [0.5, 0.6) is 11.5 Å². The van der Waals surface area contributed by atoms with Crippen LogP contribution >= 0.6 is 0 Å². The quantitative estimate of drug-likeness (QED) is 0.294. The van der Waals surface area contributed by atoms with Crippen LogP contribution in [0.25, 0.3) is 0 Å². The first-order chi connectivity index (χ1) is 15.3. The molecule has 0 saturated heterocycles. The Labute approximate surface area is 194 Å². The number of benzene rings is 2. The molecule has 0 heterocycles. The molecule has 6 heteroatoms. The van der Waals surface area contributed by atoms with Crippen molar-refractivity contribution in [2.24, 2.45) is 0 Å². The molecule has 0 aliphatic heterocycles. The van der Waals surface area contributed by atoms with Gasteiger partial charge < -0.3 is 8.85 Å². The molecule has 2 aromatic carbocycles. The SMILES string of the molecule is CC[Si](CC)(CC)Oc1ccc(O[Si](CC)(CC)CC)c2c1C(=O)c1ccccc1C2=O. The van der Waals surface area contributed by atoms with Crippen molar-refractivity contribution >= 4 is 28.2 Å². The molecule has 0 amide bonds. The Bertz CT molecular complexity index is 910. The Hall–Kier alpha value is -2.19. The van der Waals surface area contributed by atoms with Crippen molar-refractivity contribution in [2.45, 2.75) is 77.8 Å². The number of fused-ring (bicyclic) bond motifs is 2. The van der Waals surface area contributed by atoms with Gasteiger partial charge in [-0.25, -0.2) is 0 Å². The first kappa shape index (κ1) is 24.5. The van der Waals surface area contributed by atoms with E-state index in [0.717, 1.165) is 36.3 Å². The second-order valence-electron chi connectivity index (χ2n) is 8.71.